The molecule has 0 unspecified atom stereocenters. The van der Waals surface area contributed by atoms with Gasteiger partial charge in [-0.25, -0.2) is 13.6 Å². The predicted octanol–water partition coefficient (Wildman–Crippen LogP) is 4.05. The topological polar surface area (TPSA) is 64.7 Å². The second kappa shape index (κ2) is 9.67. The molecule has 160 valence electrons. The number of amides is 3. The van der Waals surface area contributed by atoms with E-state index in [4.69, 9.17) is 0 Å². The summed E-state index contributed by atoms with van der Waals surface area (Å²) in [5, 5.41) is 5.19. The fourth-order valence-corrected chi connectivity index (χ4v) is 3.62. The summed E-state index contributed by atoms with van der Waals surface area (Å²) >= 11 is 0. The maximum absolute atomic E-state index is 14.1. The molecule has 1 fully saturated rings. The van der Waals surface area contributed by atoms with Crippen molar-refractivity contribution in [1.82, 2.24) is 9.80 Å². The number of hydrogen-bond acceptors (Lipinski definition) is 3. The van der Waals surface area contributed by atoms with Crippen molar-refractivity contribution in [3.63, 3.8) is 0 Å². The second-order valence-electron chi connectivity index (χ2n) is 7.57. The normalized spacial score (nSPS) is 14.9. The molecule has 3 rings (SSSR count). The average Bonchev–Trinajstić information content (AvgIpc) is 2.69. The molecule has 0 radical (unpaired) electrons. The molecule has 0 aromatic heterocycles. The molecule has 2 aromatic carbocycles. The van der Waals surface area contributed by atoms with Gasteiger partial charge in [-0.1, -0.05) is 0 Å². The number of rotatable bonds is 5. The number of nitrogens with one attached hydrogen (secondary N) is 2. The number of piperidine rings is 1. The van der Waals surface area contributed by atoms with Crippen molar-refractivity contribution >= 4 is 23.3 Å². The highest BCUT2D eigenvalue weighted by Crippen LogP contribution is 2.21. The molecule has 3 amide bonds. The minimum Gasteiger partial charge on any atom is -0.343 e. The maximum Gasteiger partial charge on any atom is 0.323 e. The van der Waals surface area contributed by atoms with Crippen LogP contribution in [0.3, 0.4) is 0 Å². The molecule has 0 saturated carbocycles. The standard InChI is InChI=1S/C22H26F2N4O2/c1-15(29)27(2)21-7-9-28(10-8-21)14-16-11-18(24)13-20(12-16)26-22(30)25-19-5-3-17(23)4-6-19/h3-6,11-13,21H,7-10,14H2,1-2H3,(H2,25,26,30). The molecule has 0 aliphatic carbocycles. The molecule has 30 heavy (non-hydrogen) atoms. The highest BCUT2D eigenvalue weighted by molar-refractivity contribution is 5.99. The molecule has 2 aromatic rings. The van der Waals surface area contributed by atoms with Crippen LogP contribution in [0.1, 0.15) is 25.3 Å². The van der Waals surface area contributed by atoms with Crippen molar-refractivity contribution < 1.29 is 18.4 Å². The number of carbonyl (C=O) groups is 2. The molecule has 0 spiro atoms. The van der Waals surface area contributed by atoms with Gasteiger partial charge in [-0.3, -0.25) is 9.69 Å². The summed E-state index contributed by atoms with van der Waals surface area (Å²) in [5.41, 5.74) is 1.53. The van der Waals surface area contributed by atoms with E-state index in [-0.39, 0.29) is 11.9 Å². The number of anilines is 2. The third-order valence-corrected chi connectivity index (χ3v) is 5.33. The second-order valence-corrected chi connectivity index (χ2v) is 7.57. The number of benzene rings is 2. The summed E-state index contributed by atoms with van der Waals surface area (Å²) < 4.78 is 27.0. The van der Waals surface area contributed by atoms with Gasteiger partial charge in [0, 0.05) is 51.0 Å². The van der Waals surface area contributed by atoms with Crippen LogP contribution in [0.15, 0.2) is 42.5 Å². The summed E-state index contributed by atoms with van der Waals surface area (Å²) in [6.07, 6.45) is 1.74. The monoisotopic (exact) mass is 416 g/mol. The van der Waals surface area contributed by atoms with E-state index in [2.05, 4.69) is 15.5 Å². The van der Waals surface area contributed by atoms with Crippen LogP contribution in [0.25, 0.3) is 0 Å². The summed E-state index contributed by atoms with van der Waals surface area (Å²) in [4.78, 5) is 27.7. The molecule has 6 nitrogen and oxygen atoms in total. The van der Waals surface area contributed by atoms with Gasteiger partial charge in [-0.15, -0.1) is 0 Å². The SMILES string of the molecule is CC(=O)N(C)C1CCN(Cc2cc(F)cc(NC(=O)Nc3ccc(F)cc3)c2)CC1. The van der Waals surface area contributed by atoms with Crippen LogP contribution in [0.4, 0.5) is 25.0 Å². The zero-order chi connectivity index (χ0) is 21.7. The Kier molecular flexibility index (Phi) is 6.99. The number of halogens is 2. The molecular weight excluding hydrogens is 390 g/mol. The highest BCUT2D eigenvalue weighted by atomic mass is 19.1. The van der Waals surface area contributed by atoms with Crippen LogP contribution >= 0.6 is 0 Å². The Morgan fingerprint density at radius 2 is 1.63 bits per heavy atom. The minimum absolute atomic E-state index is 0.0632. The smallest absolute Gasteiger partial charge is 0.323 e. The fraction of sp³-hybridized carbons (Fsp3) is 0.364. The Labute approximate surface area is 174 Å². The zero-order valence-electron chi connectivity index (χ0n) is 17.1. The largest absolute Gasteiger partial charge is 0.343 e. The first kappa shape index (κ1) is 21.7. The van der Waals surface area contributed by atoms with Gasteiger partial charge in [-0.05, 0) is 60.9 Å². The average molecular weight is 416 g/mol. The third kappa shape index (κ3) is 6.00. The molecule has 0 atom stereocenters. The van der Waals surface area contributed by atoms with Crippen molar-refractivity contribution in [3.05, 3.63) is 59.7 Å². The minimum atomic E-state index is -0.536. The maximum atomic E-state index is 14.1. The molecule has 1 saturated heterocycles. The lowest BCUT2D eigenvalue weighted by Crippen LogP contribution is -2.44. The molecule has 0 bridgehead atoms. The highest BCUT2D eigenvalue weighted by Gasteiger charge is 2.23. The Morgan fingerprint density at radius 1 is 1.00 bits per heavy atom. The van der Waals surface area contributed by atoms with E-state index >= 15 is 0 Å². The van der Waals surface area contributed by atoms with E-state index in [9.17, 15) is 18.4 Å². The van der Waals surface area contributed by atoms with Gasteiger partial charge in [0.15, 0.2) is 0 Å². The Bertz CT molecular complexity index is 897. The number of nitrogens with zero attached hydrogens (tertiary/aromatic N) is 2. The first-order valence-corrected chi connectivity index (χ1v) is 9.89. The van der Waals surface area contributed by atoms with E-state index < -0.39 is 17.7 Å². The van der Waals surface area contributed by atoms with E-state index in [1.54, 1.807) is 17.9 Å². The number of hydrogen-bond donors (Lipinski definition) is 2. The van der Waals surface area contributed by atoms with Crippen molar-refractivity contribution in [2.45, 2.75) is 32.4 Å². The Morgan fingerprint density at radius 3 is 2.27 bits per heavy atom. The van der Waals surface area contributed by atoms with Gasteiger partial charge < -0.3 is 15.5 Å². The number of likely N-dealkylation sites (tertiary alicyclic amines) is 1. The summed E-state index contributed by atoms with van der Waals surface area (Å²) in [6, 6.07) is 9.52. The van der Waals surface area contributed by atoms with Crippen LogP contribution in [-0.4, -0.2) is 47.9 Å². The van der Waals surface area contributed by atoms with Crippen LogP contribution < -0.4 is 10.6 Å². The van der Waals surface area contributed by atoms with Gasteiger partial charge in [0.1, 0.15) is 11.6 Å². The van der Waals surface area contributed by atoms with Crippen LogP contribution in [0, 0.1) is 11.6 Å². The van der Waals surface area contributed by atoms with E-state index in [0.717, 1.165) is 31.5 Å². The fourth-order valence-electron chi connectivity index (χ4n) is 3.62. The molecule has 1 aliphatic rings. The number of carbonyl (C=O) groups excluding carboxylic acids is 2. The predicted molar refractivity (Wildman–Crippen MR) is 112 cm³/mol. The summed E-state index contributed by atoms with van der Waals surface area (Å²) in [5.74, 6) is -0.767. The van der Waals surface area contributed by atoms with E-state index in [1.165, 1.54) is 36.4 Å². The van der Waals surface area contributed by atoms with Crippen molar-refractivity contribution in [2.75, 3.05) is 30.8 Å². The van der Waals surface area contributed by atoms with Crippen LogP contribution in [0.2, 0.25) is 0 Å². The van der Waals surface area contributed by atoms with Gasteiger partial charge in [0.2, 0.25) is 5.91 Å². The van der Waals surface area contributed by atoms with E-state index in [0.29, 0.717) is 17.9 Å². The first-order valence-electron chi connectivity index (χ1n) is 9.89. The number of urea groups is 1. The zero-order valence-corrected chi connectivity index (χ0v) is 17.1. The summed E-state index contributed by atoms with van der Waals surface area (Å²) in [6.45, 7) is 3.75. The lowest BCUT2D eigenvalue weighted by molar-refractivity contribution is -0.130. The van der Waals surface area contributed by atoms with Gasteiger partial charge in [0.25, 0.3) is 0 Å². The molecule has 2 N–H and O–H groups in total. The van der Waals surface area contributed by atoms with Crippen LogP contribution in [0.5, 0.6) is 0 Å². The summed E-state index contributed by atoms with van der Waals surface area (Å²) in [7, 11) is 1.82. The lowest BCUT2D eigenvalue weighted by Gasteiger charge is -2.36. The van der Waals surface area contributed by atoms with Gasteiger partial charge in [-0.2, -0.15) is 0 Å². The van der Waals surface area contributed by atoms with Crippen LogP contribution in [-0.2, 0) is 11.3 Å². The molecule has 1 aliphatic heterocycles. The molecule has 8 heteroatoms. The lowest BCUT2D eigenvalue weighted by atomic mass is 10.0. The van der Waals surface area contributed by atoms with Gasteiger partial charge in [0.05, 0.1) is 0 Å². The molecular formula is C22H26F2N4O2. The van der Waals surface area contributed by atoms with Crippen molar-refractivity contribution in [2.24, 2.45) is 0 Å². The third-order valence-electron chi connectivity index (χ3n) is 5.33. The van der Waals surface area contributed by atoms with E-state index in [1.807, 2.05) is 7.05 Å². The van der Waals surface area contributed by atoms with Crippen molar-refractivity contribution in [1.29, 1.82) is 0 Å². The van der Waals surface area contributed by atoms with Crippen molar-refractivity contribution in [3.8, 4) is 0 Å². The first-order chi connectivity index (χ1) is 14.3. The molecule has 1 heterocycles. The quantitative estimate of drug-likeness (QED) is 0.773. The Hall–Kier alpha value is -3.00. The Balaban J connectivity index is 1.57. The van der Waals surface area contributed by atoms with Gasteiger partial charge >= 0.3 is 6.03 Å².